The summed E-state index contributed by atoms with van der Waals surface area (Å²) in [5, 5.41) is 0. The Labute approximate surface area is 98.1 Å². The lowest BCUT2D eigenvalue weighted by molar-refractivity contribution is 0.145. The fraction of sp³-hybridized carbons (Fsp3) is 0.917. The highest BCUT2D eigenvalue weighted by Gasteiger charge is 2.30. The molecule has 1 aliphatic carbocycles. The average Bonchev–Trinajstić information content (AvgIpc) is 2.75. The van der Waals surface area contributed by atoms with Crippen LogP contribution in [-0.4, -0.2) is 36.0 Å². The van der Waals surface area contributed by atoms with Crippen LogP contribution in [-0.2, 0) is 0 Å². The third-order valence-electron chi connectivity index (χ3n) is 3.95. The Balaban J connectivity index is 1.89. The number of nitrogens with two attached hydrogens (primary N) is 2. The molecule has 1 aliphatic heterocycles. The monoisotopic (exact) mass is 224 g/mol. The van der Waals surface area contributed by atoms with Crippen LogP contribution in [0.3, 0.4) is 0 Å². The minimum Gasteiger partial charge on any atom is -0.370 e. The van der Waals surface area contributed by atoms with Crippen LogP contribution >= 0.6 is 0 Å². The summed E-state index contributed by atoms with van der Waals surface area (Å²) in [6.45, 7) is 2.04. The van der Waals surface area contributed by atoms with Crippen LogP contribution in [0.2, 0.25) is 0 Å². The normalized spacial score (nSPS) is 28.1. The van der Waals surface area contributed by atoms with Gasteiger partial charge in [-0.2, -0.15) is 0 Å². The van der Waals surface area contributed by atoms with Crippen molar-refractivity contribution in [3.63, 3.8) is 0 Å². The number of hydrogen-bond donors (Lipinski definition) is 2. The van der Waals surface area contributed by atoms with Gasteiger partial charge in [-0.25, -0.2) is 0 Å². The molecule has 0 aromatic rings. The molecular weight excluding hydrogens is 200 g/mol. The van der Waals surface area contributed by atoms with Crippen molar-refractivity contribution < 1.29 is 0 Å². The highest BCUT2D eigenvalue weighted by atomic mass is 15.2. The van der Waals surface area contributed by atoms with Gasteiger partial charge in [0.15, 0.2) is 5.96 Å². The third-order valence-corrected chi connectivity index (χ3v) is 3.95. The Hall–Kier alpha value is -0.770. The van der Waals surface area contributed by atoms with Gasteiger partial charge in [0.25, 0.3) is 0 Å². The fourth-order valence-electron chi connectivity index (χ4n) is 3.16. The van der Waals surface area contributed by atoms with E-state index in [0.29, 0.717) is 6.04 Å². The first-order valence-electron chi connectivity index (χ1n) is 6.58. The average molecular weight is 224 g/mol. The molecular formula is C12H24N4. The zero-order valence-electron chi connectivity index (χ0n) is 10.1. The van der Waals surface area contributed by atoms with Crippen molar-refractivity contribution in [1.29, 1.82) is 0 Å². The fourth-order valence-corrected chi connectivity index (χ4v) is 3.16. The van der Waals surface area contributed by atoms with Crippen molar-refractivity contribution in [3.8, 4) is 0 Å². The van der Waals surface area contributed by atoms with Crippen molar-refractivity contribution >= 4 is 5.96 Å². The molecule has 0 aromatic carbocycles. The summed E-state index contributed by atoms with van der Waals surface area (Å²) in [6, 6.07) is 1.39. The SMILES string of the molecule is NC(N)=NCC1CCCN1C1CCCCC1. The van der Waals surface area contributed by atoms with Crippen LogP contribution in [0.25, 0.3) is 0 Å². The van der Waals surface area contributed by atoms with Gasteiger partial charge in [-0.1, -0.05) is 19.3 Å². The standard InChI is InChI=1S/C12H24N4/c13-12(14)15-9-11-7-4-8-16(11)10-5-2-1-3-6-10/h10-11H,1-9H2,(H4,13,14,15). The van der Waals surface area contributed by atoms with E-state index in [4.69, 9.17) is 11.5 Å². The molecule has 4 N–H and O–H groups in total. The van der Waals surface area contributed by atoms with Crippen LogP contribution in [0.4, 0.5) is 0 Å². The molecule has 1 heterocycles. The second-order valence-electron chi connectivity index (χ2n) is 5.09. The van der Waals surface area contributed by atoms with E-state index in [2.05, 4.69) is 9.89 Å². The molecule has 4 nitrogen and oxygen atoms in total. The Morgan fingerprint density at radius 3 is 2.50 bits per heavy atom. The lowest BCUT2D eigenvalue weighted by Crippen LogP contribution is -2.42. The quantitative estimate of drug-likeness (QED) is 0.556. The maximum absolute atomic E-state index is 5.40. The Bertz CT molecular complexity index is 241. The van der Waals surface area contributed by atoms with Crippen molar-refractivity contribution in [2.24, 2.45) is 16.5 Å². The molecule has 1 unspecified atom stereocenters. The zero-order valence-corrected chi connectivity index (χ0v) is 10.1. The van der Waals surface area contributed by atoms with E-state index in [0.717, 1.165) is 12.6 Å². The topological polar surface area (TPSA) is 67.6 Å². The second-order valence-corrected chi connectivity index (χ2v) is 5.09. The summed E-state index contributed by atoms with van der Waals surface area (Å²) in [7, 11) is 0. The van der Waals surface area contributed by atoms with Gasteiger partial charge in [0.05, 0.1) is 6.54 Å². The molecule has 0 aromatic heterocycles. The third kappa shape index (κ3) is 2.88. The molecule has 1 saturated carbocycles. The summed E-state index contributed by atoms with van der Waals surface area (Å²) >= 11 is 0. The molecule has 0 bridgehead atoms. The maximum Gasteiger partial charge on any atom is 0.185 e. The van der Waals surface area contributed by atoms with Gasteiger partial charge < -0.3 is 11.5 Å². The molecule has 4 heteroatoms. The van der Waals surface area contributed by atoms with E-state index in [1.807, 2.05) is 0 Å². The van der Waals surface area contributed by atoms with Crippen molar-refractivity contribution in [1.82, 2.24) is 4.90 Å². The summed E-state index contributed by atoms with van der Waals surface area (Å²) in [5.74, 6) is 0.232. The van der Waals surface area contributed by atoms with Crippen LogP contribution in [0, 0.1) is 0 Å². The lowest BCUT2D eigenvalue weighted by atomic mass is 9.94. The van der Waals surface area contributed by atoms with E-state index in [1.165, 1.54) is 51.5 Å². The Morgan fingerprint density at radius 2 is 1.81 bits per heavy atom. The van der Waals surface area contributed by atoms with Gasteiger partial charge in [0.1, 0.15) is 0 Å². The number of guanidine groups is 1. The van der Waals surface area contributed by atoms with Crippen molar-refractivity contribution in [2.45, 2.75) is 57.0 Å². The number of hydrogen-bond acceptors (Lipinski definition) is 2. The van der Waals surface area contributed by atoms with E-state index in [1.54, 1.807) is 0 Å². The zero-order chi connectivity index (χ0) is 11.4. The highest BCUT2D eigenvalue weighted by molar-refractivity contribution is 5.75. The Morgan fingerprint density at radius 1 is 1.06 bits per heavy atom. The van der Waals surface area contributed by atoms with Crippen LogP contribution in [0.1, 0.15) is 44.9 Å². The summed E-state index contributed by atoms with van der Waals surface area (Å²) < 4.78 is 0. The van der Waals surface area contributed by atoms with Gasteiger partial charge >= 0.3 is 0 Å². The minimum absolute atomic E-state index is 0.232. The van der Waals surface area contributed by atoms with Gasteiger partial charge in [0.2, 0.25) is 0 Å². The van der Waals surface area contributed by atoms with Gasteiger partial charge in [-0.3, -0.25) is 9.89 Å². The van der Waals surface area contributed by atoms with Crippen molar-refractivity contribution in [3.05, 3.63) is 0 Å². The predicted octanol–water partition coefficient (Wildman–Crippen LogP) is 1.06. The van der Waals surface area contributed by atoms with Crippen LogP contribution in [0.15, 0.2) is 4.99 Å². The number of likely N-dealkylation sites (tertiary alicyclic amines) is 1. The molecule has 1 atom stereocenters. The molecule has 0 amide bonds. The summed E-state index contributed by atoms with van der Waals surface area (Å²) in [4.78, 5) is 6.84. The number of rotatable bonds is 3. The van der Waals surface area contributed by atoms with Crippen LogP contribution in [0.5, 0.6) is 0 Å². The maximum atomic E-state index is 5.40. The largest absolute Gasteiger partial charge is 0.370 e. The second kappa shape index (κ2) is 5.53. The summed E-state index contributed by atoms with van der Waals surface area (Å²) in [5.41, 5.74) is 10.8. The van der Waals surface area contributed by atoms with Crippen LogP contribution < -0.4 is 11.5 Å². The van der Waals surface area contributed by atoms with E-state index >= 15 is 0 Å². The first-order chi connectivity index (χ1) is 7.77. The van der Waals surface area contributed by atoms with Crippen molar-refractivity contribution in [2.75, 3.05) is 13.1 Å². The Kier molecular flexibility index (Phi) is 4.04. The molecule has 92 valence electrons. The van der Waals surface area contributed by atoms with E-state index in [-0.39, 0.29) is 5.96 Å². The first-order valence-corrected chi connectivity index (χ1v) is 6.58. The first kappa shape index (κ1) is 11.7. The molecule has 0 spiro atoms. The molecule has 16 heavy (non-hydrogen) atoms. The van der Waals surface area contributed by atoms with Gasteiger partial charge in [-0.15, -0.1) is 0 Å². The molecule has 2 aliphatic rings. The van der Waals surface area contributed by atoms with Gasteiger partial charge in [0, 0.05) is 12.1 Å². The summed E-state index contributed by atoms with van der Waals surface area (Å²) in [6.07, 6.45) is 9.53. The van der Waals surface area contributed by atoms with Gasteiger partial charge in [-0.05, 0) is 32.2 Å². The number of aliphatic imine (C=N–C) groups is 1. The smallest absolute Gasteiger partial charge is 0.185 e. The van der Waals surface area contributed by atoms with E-state index in [9.17, 15) is 0 Å². The number of nitrogens with zero attached hydrogens (tertiary/aromatic N) is 2. The lowest BCUT2D eigenvalue weighted by Gasteiger charge is -2.35. The molecule has 2 rings (SSSR count). The molecule has 1 saturated heterocycles. The minimum atomic E-state index is 0.232. The highest BCUT2D eigenvalue weighted by Crippen LogP contribution is 2.29. The molecule has 2 fully saturated rings. The predicted molar refractivity (Wildman–Crippen MR) is 67.3 cm³/mol. The molecule has 0 radical (unpaired) electrons. The van der Waals surface area contributed by atoms with E-state index < -0.39 is 0 Å².